The number of imide groups is 1. The number of nitrogens with zero attached hydrogens (tertiary/aromatic N) is 1. The Morgan fingerprint density at radius 2 is 1.61 bits per heavy atom. The van der Waals surface area contributed by atoms with Crippen molar-refractivity contribution in [3.63, 3.8) is 0 Å². The van der Waals surface area contributed by atoms with Crippen LogP contribution in [0.25, 0.3) is 0 Å². The molecular formula is C28H26N2O5S. The van der Waals surface area contributed by atoms with Crippen LogP contribution in [-0.4, -0.2) is 41.2 Å². The summed E-state index contributed by atoms with van der Waals surface area (Å²) in [6.07, 6.45) is 3.73. The van der Waals surface area contributed by atoms with E-state index in [1.165, 1.54) is 11.3 Å². The molecule has 0 bridgehead atoms. The second-order valence-electron chi connectivity index (χ2n) is 8.86. The van der Waals surface area contributed by atoms with E-state index in [1.54, 1.807) is 31.2 Å². The summed E-state index contributed by atoms with van der Waals surface area (Å²) in [5.74, 6) is -1.98. The minimum absolute atomic E-state index is 0.151. The fourth-order valence-corrected chi connectivity index (χ4v) is 6.18. The lowest BCUT2D eigenvalue weighted by atomic mass is 9.95. The fourth-order valence-electron chi connectivity index (χ4n) is 4.90. The van der Waals surface area contributed by atoms with Crippen molar-refractivity contribution in [1.82, 2.24) is 4.90 Å². The number of carbonyl (C=O) groups excluding carboxylic acids is 4. The fraction of sp³-hybridized carbons (Fsp3) is 0.286. The molecule has 0 spiro atoms. The minimum atomic E-state index is -1.09. The van der Waals surface area contributed by atoms with Crippen molar-refractivity contribution in [3.8, 4) is 0 Å². The van der Waals surface area contributed by atoms with Gasteiger partial charge >= 0.3 is 5.97 Å². The molecule has 3 aromatic rings. The van der Waals surface area contributed by atoms with Crippen molar-refractivity contribution in [2.45, 2.75) is 45.1 Å². The highest BCUT2D eigenvalue weighted by Crippen LogP contribution is 2.39. The van der Waals surface area contributed by atoms with Crippen molar-refractivity contribution in [3.05, 3.63) is 87.3 Å². The zero-order chi connectivity index (χ0) is 25.2. The zero-order valence-electron chi connectivity index (χ0n) is 19.9. The molecule has 5 rings (SSSR count). The SMILES string of the molecule is CCOC(=O)c1c(NC(=O)[C@H](Cc2ccccc2)N2C(=O)c3ccccc3C2=O)sc2c1CCCC2. The van der Waals surface area contributed by atoms with E-state index in [9.17, 15) is 19.2 Å². The summed E-state index contributed by atoms with van der Waals surface area (Å²) in [6.45, 7) is 1.97. The van der Waals surface area contributed by atoms with Gasteiger partial charge in [0.1, 0.15) is 11.0 Å². The molecule has 1 aliphatic heterocycles. The molecule has 8 heteroatoms. The van der Waals surface area contributed by atoms with Crippen molar-refractivity contribution < 1.29 is 23.9 Å². The highest BCUT2D eigenvalue weighted by molar-refractivity contribution is 7.17. The van der Waals surface area contributed by atoms with Gasteiger partial charge in [0, 0.05) is 11.3 Å². The molecule has 184 valence electrons. The maximum absolute atomic E-state index is 13.8. The van der Waals surface area contributed by atoms with Crippen LogP contribution >= 0.6 is 11.3 Å². The van der Waals surface area contributed by atoms with Crippen molar-refractivity contribution in [2.75, 3.05) is 11.9 Å². The number of hydrogen-bond donors (Lipinski definition) is 1. The van der Waals surface area contributed by atoms with Gasteiger partial charge in [0.2, 0.25) is 5.91 Å². The van der Waals surface area contributed by atoms with E-state index in [2.05, 4.69) is 5.32 Å². The largest absolute Gasteiger partial charge is 0.462 e. The summed E-state index contributed by atoms with van der Waals surface area (Å²) < 4.78 is 5.30. The Morgan fingerprint density at radius 1 is 0.972 bits per heavy atom. The number of anilines is 1. The number of aryl methyl sites for hydroxylation is 1. The highest BCUT2D eigenvalue weighted by Gasteiger charge is 2.43. The molecule has 0 saturated carbocycles. The zero-order valence-corrected chi connectivity index (χ0v) is 20.7. The maximum Gasteiger partial charge on any atom is 0.341 e. The third-order valence-electron chi connectivity index (χ3n) is 6.60. The molecule has 1 aromatic heterocycles. The van der Waals surface area contributed by atoms with Gasteiger partial charge in [-0.3, -0.25) is 19.3 Å². The Morgan fingerprint density at radius 3 is 2.28 bits per heavy atom. The van der Waals surface area contributed by atoms with Crippen LogP contribution in [0, 0.1) is 0 Å². The van der Waals surface area contributed by atoms with E-state index in [4.69, 9.17) is 4.74 Å². The normalized spacial score (nSPS) is 15.3. The first-order valence-corrected chi connectivity index (χ1v) is 12.9. The number of amides is 3. The van der Waals surface area contributed by atoms with E-state index >= 15 is 0 Å². The number of esters is 1. The molecule has 1 atom stereocenters. The number of rotatable bonds is 7. The molecule has 2 aromatic carbocycles. The van der Waals surface area contributed by atoms with E-state index in [0.29, 0.717) is 10.6 Å². The van der Waals surface area contributed by atoms with Crippen LogP contribution in [0.2, 0.25) is 0 Å². The van der Waals surface area contributed by atoms with Crippen LogP contribution in [0.5, 0.6) is 0 Å². The standard InChI is InChI=1S/C28H26N2O5S/c1-2-35-28(34)23-20-14-8-9-15-22(20)36-25(23)29-24(31)21(16-17-10-4-3-5-11-17)30-26(32)18-12-6-7-13-19(18)27(30)33/h3-7,10-13,21H,2,8-9,14-16H2,1H3,(H,29,31)/t21-/m0/s1. The molecule has 0 unspecified atom stereocenters. The summed E-state index contributed by atoms with van der Waals surface area (Å²) >= 11 is 1.38. The first-order valence-electron chi connectivity index (χ1n) is 12.1. The number of carbonyl (C=O) groups is 4. The summed E-state index contributed by atoms with van der Waals surface area (Å²) in [6, 6.07) is 14.8. The monoisotopic (exact) mass is 502 g/mol. The second-order valence-corrected chi connectivity index (χ2v) is 9.96. The summed E-state index contributed by atoms with van der Waals surface area (Å²) in [7, 11) is 0. The smallest absolute Gasteiger partial charge is 0.341 e. The van der Waals surface area contributed by atoms with Crippen molar-refractivity contribution >= 4 is 40.0 Å². The molecule has 2 heterocycles. The molecule has 3 amide bonds. The van der Waals surface area contributed by atoms with E-state index < -0.39 is 29.7 Å². The van der Waals surface area contributed by atoms with E-state index in [0.717, 1.165) is 46.6 Å². The molecule has 0 radical (unpaired) electrons. The Labute approximate surface area is 213 Å². The molecule has 2 aliphatic rings. The number of hydrogen-bond acceptors (Lipinski definition) is 6. The predicted octanol–water partition coefficient (Wildman–Crippen LogP) is 4.65. The van der Waals surface area contributed by atoms with Crippen LogP contribution in [0.15, 0.2) is 54.6 Å². The van der Waals surface area contributed by atoms with Gasteiger partial charge < -0.3 is 10.1 Å². The average molecular weight is 503 g/mol. The number of benzene rings is 2. The second kappa shape index (κ2) is 10.1. The third kappa shape index (κ3) is 4.33. The van der Waals surface area contributed by atoms with Crippen molar-refractivity contribution in [1.29, 1.82) is 0 Å². The first-order chi connectivity index (χ1) is 17.5. The van der Waals surface area contributed by atoms with Gasteiger partial charge in [-0.1, -0.05) is 42.5 Å². The first kappa shape index (κ1) is 23.9. The quantitative estimate of drug-likeness (QED) is 0.375. The van der Waals surface area contributed by atoms with Crippen LogP contribution in [0.3, 0.4) is 0 Å². The number of fused-ring (bicyclic) bond motifs is 2. The molecule has 1 aliphatic carbocycles. The Bertz CT molecular complexity index is 1310. The molecule has 0 fully saturated rings. The van der Waals surface area contributed by atoms with Crippen LogP contribution < -0.4 is 5.32 Å². The molecule has 7 nitrogen and oxygen atoms in total. The maximum atomic E-state index is 13.8. The lowest BCUT2D eigenvalue weighted by Crippen LogP contribution is -2.48. The van der Waals surface area contributed by atoms with E-state index in [1.807, 2.05) is 30.3 Å². The Balaban J connectivity index is 1.51. The van der Waals surface area contributed by atoms with Gasteiger partial charge in [0.05, 0.1) is 23.3 Å². The highest BCUT2D eigenvalue weighted by atomic mass is 32.1. The lowest BCUT2D eigenvalue weighted by Gasteiger charge is -2.25. The Hall–Kier alpha value is -3.78. The van der Waals surface area contributed by atoms with Gasteiger partial charge in [0.15, 0.2) is 0 Å². The van der Waals surface area contributed by atoms with Crippen molar-refractivity contribution in [2.24, 2.45) is 0 Å². The van der Waals surface area contributed by atoms with Gasteiger partial charge in [0.25, 0.3) is 11.8 Å². The Kier molecular flexibility index (Phi) is 6.69. The van der Waals surface area contributed by atoms with Gasteiger partial charge in [-0.2, -0.15) is 0 Å². The average Bonchev–Trinajstić information content (AvgIpc) is 3.38. The molecule has 36 heavy (non-hydrogen) atoms. The molecule has 1 N–H and O–H groups in total. The lowest BCUT2D eigenvalue weighted by molar-refractivity contribution is -0.119. The summed E-state index contributed by atoms with van der Waals surface area (Å²) in [4.78, 5) is 55.3. The van der Waals surface area contributed by atoms with Crippen LogP contribution in [-0.2, 0) is 28.8 Å². The molecule has 0 saturated heterocycles. The summed E-state index contributed by atoms with van der Waals surface area (Å²) in [5, 5.41) is 3.32. The van der Waals surface area contributed by atoms with Crippen LogP contribution in [0.4, 0.5) is 5.00 Å². The molecular weight excluding hydrogens is 476 g/mol. The summed E-state index contributed by atoms with van der Waals surface area (Å²) in [5.41, 5.74) is 2.70. The third-order valence-corrected chi connectivity index (χ3v) is 7.81. The number of thiophene rings is 1. The predicted molar refractivity (Wildman–Crippen MR) is 136 cm³/mol. The minimum Gasteiger partial charge on any atom is -0.462 e. The van der Waals surface area contributed by atoms with Gasteiger partial charge in [-0.25, -0.2) is 4.79 Å². The van der Waals surface area contributed by atoms with Crippen LogP contribution in [0.1, 0.15) is 66.8 Å². The number of nitrogens with one attached hydrogen (secondary N) is 1. The van der Waals surface area contributed by atoms with E-state index in [-0.39, 0.29) is 24.2 Å². The number of ether oxygens (including phenoxy) is 1. The topological polar surface area (TPSA) is 92.8 Å². The van der Waals surface area contributed by atoms with Gasteiger partial charge in [-0.05, 0) is 55.9 Å². The van der Waals surface area contributed by atoms with Gasteiger partial charge in [-0.15, -0.1) is 11.3 Å².